The topological polar surface area (TPSA) is 63.2 Å². The summed E-state index contributed by atoms with van der Waals surface area (Å²) in [6.07, 6.45) is 3.73. The predicted octanol–water partition coefficient (Wildman–Crippen LogP) is 2.84. The molecule has 29 heavy (non-hydrogen) atoms. The monoisotopic (exact) mass is 404 g/mol. The standard InChI is InChI=1S/C23H32O6/c1-11-7-6-8-22-13(11)10-15(27-20(22)24)23-16-14(22)9-12(17(16)25-4)18(26-5)19(23)28-21(2,3)29-23/h12-19H,1,6-10H2,2-5H3/t12-,13+,14+,15+,16+,17-,18+,19+,22-,23-/m0/s1. The number of fused-ring (bicyclic) bond motifs is 2. The zero-order valence-electron chi connectivity index (χ0n) is 17.8. The van der Waals surface area contributed by atoms with E-state index in [0.29, 0.717) is 0 Å². The highest BCUT2D eigenvalue weighted by Gasteiger charge is 2.82. The fourth-order valence-corrected chi connectivity index (χ4v) is 8.60. The van der Waals surface area contributed by atoms with Gasteiger partial charge in [0.25, 0.3) is 0 Å². The number of hydrogen-bond donors (Lipinski definition) is 0. The summed E-state index contributed by atoms with van der Waals surface area (Å²) in [5.74, 6) is -0.248. The molecule has 4 aliphatic carbocycles. The summed E-state index contributed by atoms with van der Waals surface area (Å²) in [7, 11) is 3.54. The van der Waals surface area contributed by atoms with E-state index in [1.165, 1.54) is 5.57 Å². The Morgan fingerprint density at radius 3 is 2.62 bits per heavy atom. The molecule has 0 N–H and O–H groups in total. The van der Waals surface area contributed by atoms with E-state index in [-0.39, 0.29) is 54.1 Å². The quantitative estimate of drug-likeness (QED) is 0.521. The first kappa shape index (κ1) is 18.8. The highest BCUT2D eigenvalue weighted by atomic mass is 16.8. The third kappa shape index (κ3) is 1.96. The SMILES string of the molecule is C=C1CCC[C@]23C(=O)O[C@H](C[C@H]12)[C@@]12OC(C)(C)O[C@@H]1[C@H](OC)[C@H]1C[C@@H]3[C@@H]2[C@H]1OC. The van der Waals surface area contributed by atoms with E-state index in [9.17, 15) is 4.79 Å². The average Bonchev–Trinajstić information content (AvgIpc) is 3.11. The maximum Gasteiger partial charge on any atom is 0.313 e. The zero-order chi connectivity index (χ0) is 20.3. The summed E-state index contributed by atoms with van der Waals surface area (Å²) in [5.41, 5.74) is -0.0293. The molecule has 160 valence electrons. The van der Waals surface area contributed by atoms with Crippen molar-refractivity contribution in [2.45, 2.75) is 81.8 Å². The van der Waals surface area contributed by atoms with Crippen molar-refractivity contribution in [1.82, 2.24) is 0 Å². The Labute approximate surface area is 172 Å². The normalized spacial score (nSPS) is 56.6. The number of rotatable bonds is 2. The highest BCUT2D eigenvalue weighted by Crippen LogP contribution is 2.72. The van der Waals surface area contributed by atoms with Crippen LogP contribution in [-0.2, 0) is 28.5 Å². The van der Waals surface area contributed by atoms with E-state index in [2.05, 4.69) is 6.58 Å². The average molecular weight is 405 g/mol. The van der Waals surface area contributed by atoms with Crippen molar-refractivity contribution in [3.05, 3.63) is 12.2 Å². The van der Waals surface area contributed by atoms with E-state index in [1.54, 1.807) is 14.2 Å². The Bertz CT molecular complexity index is 777. The van der Waals surface area contributed by atoms with Crippen molar-refractivity contribution in [2.24, 2.45) is 29.1 Å². The summed E-state index contributed by atoms with van der Waals surface area (Å²) < 4.78 is 31.8. The lowest BCUT2D eigenvalue weighted by Gasteiger charge is -2.52. The van der Waals surface area contributed by atoms with Crippen LogP contribution in [0.1, 0.15) is 46.0 Å². The third-order valence-electron chi connectivity index (χ3n) is 9.25. The smallest absolute Gasteiger partial charge is 0.313 e. The lowest BCUT2D eigenvalue weighted by molar-refractivity contribution is -0.235. The second-order valence-electron chi connectivity index (χ2n) is 10.6. The molecule has 4 bridgehead atoms. The first-order valence-electron chi connectivity index (χ1n) is 11.1. The molecular weight excluding hydrogens is 372 g/mol. The van der Waals surface area contributed by atoms with Crippen LogP contribution in [0.2, 0.25) is 0 Å². The maximum atomic E-state index is 13.7. The first-order valence-corrected chi connectivity index (χ1v) is 11.1. The molecule has 10 atom stereocenters. The maximum absolute atomic E-state index is 13.7. The fourth-order valence-electron chi connectivity index (χ4n) is 8.60. The molecular formula is C23H32O6. The molecule has 6 heteroatoms. The van der Waals surface area contributed by atoms with Gasteiger partial charge in [-0.15, -0.1) is 0 Å². The molecule has 7 fully saturated rings. The molecule has 7 aliphatic rings. The molecule has 7 rings (SSSR count). The predicted molar refractivity (Wildman–Crippen MR) is 103 cm³/mol. The second kappa shape index (κ2) is 5.64. The fraction of sp³-hybridized carbons (Fsp3) is 0.870. The third-order valence-corrected chi connectivity index (χ3v) is 9.25. The second-order valence-corrected chi connectivity index (χ2v) is 10.6. The van der Waals surface area contributed by atoms with Gasteiger partial charge in [-0.1, -0.05) is 12.2 Å². The van der Waals surface area contributed by atoms with Crippen LogP contribution in [0.25, 0.3) is 0 Å². The number of methoxy groups -OCH3 is 2. The Morgan fingerprint density at radius 2 is 1.90 bits per heavy atom. The number of hydrogen-bond acceptors (Lipinski definition) is 6. The van der Waals surface area contributed by atoms with Gasteiger partial charge in [0.1, 0.15) is 17.8 Å². The first-order chi connectivity index (χ1) is 13.8. The van der Waals surface area contributed by atoms with Gasteiger partial charge in [-0.05, 0) is 57.8 Å². The number of allylic oxidation sites excluding steroid dienone is 1. The molecule has 0 aromatic carbocycles. The van der Waals surface area contributed by atoms with Gasteiger partial charge < -0.3 is 23.7 Å². The largest absolute Gasteiger partial charge is 0.459 e. The number of carbonyl (C=O) groups is 1. The molecule has 3 aliphatic heterocycles. The van der Waals surface area contributed by atoms with Gasteiger partial charge in [0.2, 0.25) is 0 Å². The van der Waals surface area contributed by atoms with Crippen molar-refractivity contribution in [3.8, 4) is 0 Å². The van der Waals surface area contributed by atoms with Crippen LogP contribution in [0.15, 0.2) is 12.2 Å². The molecule has 3 saturated heterocycles. The van der Waals surface area contributed by atoms with Crippen molar-refractivity contribution < 1.29 is 28.5 Å². The van der Waals surface area contributed by atoms with Crippen LogP contribution >= 0.6 is 0 Å². The van der Waals surface area contributed by atoms with E-state index in [4.69, 9.17) is 23.7 Å². The molecule has 4 saturated carbocycles. The van der Waals surface area contributed by atoms with Crippen LogP contribution in [0.5, 0.6) is 0 Å². The van der Waals surface area contributed by atoms with E-state index in [0.717, 1.165) is 32.1 Å². The van der Waals surface area contributed by atoms with Crippen molar-refractivity contribution in [3.63, 3.8) is 0 Å². The van der Waals surface area contributed by atoms with Gasteiger partial charge in [-0.3, -0.25) is 4.79 Å². The number of ether oxygens (including phenoxy) is 5. The van der Waals surface area contributed by atoms with E-state index >= 15 is 0 Å². The van der Waals surface area contributed by atoms with Crippen LogP contribution in [-0.4, -0.2) is 56.0 Å². The number of esters is 1. The van der Waals surface area contributed by atoms with Crippen LogP contribution in [0.3, 0.4) is 0 Å². The Hall–Kier alpha value is -0.950. The Kier molecular flexibility index (Phi) is 3.65. The lowest BCUT2D eigenvalue weighted by Crippen LogP contribution is -2.67. The van der Waals surface area contributed by atoms with Gasteiger partial charge in [0.15, 0.2) is 5.79 Å². The summed E-state index contributed by atoms with van der Waals surface area (Å²) in [4.78, 5) is 13.7. The molecule has 0 aromatic heterocycles. The zero-order valence-corrected chi connectivity index (χ0v) is 17.8. The molecule has 0 amide bonds. The summed E-state index contributed by atoms with van der Waals surface area (Å²) in [6.45, 7) is 8.33. The van der Waals surface area contributed by atoms with Crippen molar-refractivity contribution in [1.29, 1.82) is 0 Å². The van der Waals surface area contributed by atoms with E-state index in [1.807, 2.05) is 13.8 Å². The minimum Gasteiger partial charge on any atom is -0.459 e. The van der Waals surface area contributed by atoms with Crippen LogP contribution in [0.4, 0.5) is 0 Å². The molecule has 3 heterocycles. The van der Waals surface area contributed by atoms with Gasteiger partial charge in [-0.2, -0.15) is 0 Å². The van der Waals surface area contributed by atoms with Crippen molar-refractivity contribution in [2.75, 3.05) is 14.2 Å². The summed E-state index contributed by atoms with van der Waals surface area (Å²) in [5, 5.41) is 0. The van der Waals surface area contributed by atoms with E-state index < -0.39 is 16.8 Å². The minimum absolute atomic E-state index is 0.0264. The van der Waals surface area contributed by atoms with Gasteiger partial charge >= 0.3 is 5.97 Å². The molecule has 0 aromatic rings. The molecule has 6 nitrogen and oxygen atoms in total. The Morgan fingerprint density at radius 1 is 1.14 bits per heavy atom. The van der Waals surface area contributed by atoms with Crippen LogP contribution < -0.4 is 0 Å². The number of carbonyl (C=O) groups excluding carboxylic acids is 1. The Balaban J connectivity index is 1.62. The van der Waals surface area contributed by atoms with Gasteiger partial charge in [0.05, 0.1) is 17.6 Å². The molecule has 0 unspecified atom stereocenters. The summed E-state index contributed by atoms with van der Waals surface area (Å²) >= 11 is 0. The highest BCUT2D eigenvalue weighted by molar-refractivity contribution is 5.81. The van der Waals surface area contributed by atoms with Gasteiger partial charge in [0, 0.05) is 26.1 Å². The summed E-state index contributed by atoms with van der Waals surface area (Å²) in [6, 6.07) is 0. The minimum atomic E-state index is -0.760. The van der Waals surface area contributed by atoms with Crippen molar-refractivity contribution >= 4 is 5.97 Å². The van der Waals surface area contributed by atoms with Crippen LogP contribution in [0, 0.1) is 29.1 Å². The lowest BCUT2D eigenvalue weighted by atomic mass is 9.55. The van der Waals surface area contributed by atoms with Gasteiger partial charge in [-0.25, -0.2) is 0 Å². The molecule has 2 spiro atoms. The molecule has 0 radical (unpaired) electrons.